The molecule has 3 N–H and O–H groups in total. The zero-order valence-corrected chi connectivity index (χ0v) is 21.7. The zero-order valence-electron chi connectivity index (χ0n) is 21.7. The monoisotopic (exact) mass is 519 g/mol. The summed E-state index contributed by atoms with van der Waals surface area (Å²) in [7, 11) is 0. The number of carbonyl (C=O) groups excluding carboxylic acids is 3. The maximum atomic E-state index is 14.1. The number of likely N-dealkylation sites (tertiary alicyclic amines) is 1. The number of H-pyrrole nitrogens is 1. The van der Waals surface area contributed by atoms with Crippen LogP contribution in [0.2, 0.25) is 0 Å². The fourth-order valence-electron chi connectivity index (χ4n) is 5.41. The zero-order chi connectivity index (χ0) is 26.8. The number of carbonyl (C=O) groups is 3. The molecule has 1 unspecified atom stereocenters. The van der Waals surface area contributed by atoms with E-state index >= 15 is 0 Å². The quantitative estimate of drug-likeness (QED) is 0.419. The van der Waals surface area contributed by atoms with Crippen LogP contribution in [0.1, 0.15) is 69.3 Å². The first-order valence-corrected chi connectivity index (χ1v) is 13.4. The second-order valence-corrected chi connectivity index (χ2v) is 10.5. The summed E-state index contributed by atoms with van der Waals surface area (Å²) in [5.41, 5.74) is 1.82. The first kappa shape index (κ1) is 25.9. The summed E-state index contributed by atoms with van der Waals surface area (Å²) < 4.78 is 14.1. The van der Waals surface area contributed by atoms with Crippen molar-refractivity contribution in [3.8, 4) is 0 Å². The molecule has 3 amide bonds. The maximum Gasteiger partial charge on any atom is 0.243 e. The summed E-state index contributed by atoms with van der Waals surface area (Å²) in [6.45, 7) is 4.40. The number of nitrogens with one attached hydrogen (secondary N) is 3. The summed E-state index contributed by atoms with van der Waals surface area (Å²) in [6.07, 6.45) is 3.52. The first-order valence-electron chi connectivity index (χ1n) is 13.4. The van der Waals surface area contributed by atoms with Crippen molar-refractivity contribution in [2.45, 2.75) is 70.0 Å². The third kappa shape index (κ3) is 5.56. The van der Waals surface area contributed by atoms with Gasteiger partial charge in [-0.3, -0.25) is 14.4 Å². The second-order valence-electron chi connectivity index (χ2n) is 10.5. The Labute approximate surface area is 221 Å². The number of aromatic nitrogens is 2. The maximum absolute atomic E-state index is 14.1. The number of fused-ring (bicyclic) bond motifs is 1. The van der Waals surface area contributed by atoms with Crippen molar-refractivity contribution >= 4 is 28.8 Å². The van der Waals surface area contributed by atoms with E-state index in [-0.39, 0.29) is 41.6 Å². The van der Waals surface area contributed by atoms with Crippen LogP contribution in [-0.4, -0.2) is 51.2 Å². The van der Waals surface area contributed by atoms with Gasteiger partial charge in [0, 0.05) is 18.5 Å². The van der Waals surface area contributed by atoms with Crippen LogP contribution in [0, 0.1) is 11.7 Å². The Kier molecular flexibility index (Phi) is 7.44. The second kappa shape index (κ2) is 10.9. The summed E-state index contributed by atoms with van der Waals surface area (Å²) in [5, 5.41) is 5.73. The number of imidazole rings is 1. The van der Waals surface area contributed by atoms with Gasteiger partial charge in [0.05, 0.1) is 18.0 Å². The Hall–Kier alpha value is -3.75. The lowest BCUT2D eigenvalue weighted by atomic mass is 10.0. The highest BCUT2D eigenvalue weighted by molar-refractivity contribution is 5.93. The minimum atomic E-state index is -1.02. The van der Waals surface area contributed by atoms with Crippen molar-refractivity contribution in [2.75, 3.05) is 6.54 Å². The van der Waals surface area contributed by atoms with E-state index in [4.69, 9.17) is 0 Å². The van der Waals surface area contributed by atoms with Gasteiger partial charge in [-0.1, -0.05) is 36.4 Å². The van der Waals surface area contributed by atoms with Gasteiger partial charge in [-0.05, 0) is 63.1 Å². The predicted octanol–water partition coefficient (Wildman–Crippen LogP) is 3.96. The van der Waals surface area contributed by atoms with Gasteiger partial charge < -0.3 is 20.5 Å². The topological polar surface area (TPSA) is 107 Å². The van der Waals surface area contributed by atoms with Crippen LogP contribution in [-0.2, 0) is 14.4 Å². The Morgan fingerprint density at radius 1 is 1.11 bits per heavy atom. The molecule has 38 heavy (non-hydrogen) atoms. The molecule has 2 aliphatic rings. The smallest absolute Gasteiger partial charge is 0.243 e. The van der Waals surface area contributed by atoms with Crippen molar-refractivity contribution in [1.29, 1.82) is 0 Å². The van der Waals surface area contributed by atoms with Gasteiger partial charge in [-0.15, -0.1) is 0 Å². The van der Waals surface area contributed by atoms with E-state index in [1.54, 1.807) is 19.1 Å². The Balaban J connectivity index is 1.29. The Morgan fingerprint density at radius 3 is 2.63 bits per heavy atom. The molecule has 2 heterocycles. The highest BCUT2D eigenvalue weighted by Crippen LogP contribution is 2.47. The molecule has 2 aromatic carbocycles. The molecule has 200 valence electrons. The number of hydrogen-bond donors (Lipinski definition) is 3. The molecule has 5 rings (SSSR count). The van der Waals surface area contributed by atoms with Crippen LogP contribution in [0.3, 0.4) is 0 Å². The van der Waals surface area contributed by atoms with Crippen molar-refractivity contribution in [3.63, 3.8) is 0 Å². The Morgan fingerprint density at radius 2 is 1.89 bits per heavy atom. The largest absolute Gasteiger partial charge is 0.345 e. The van der Waals surface area contributed by atoms with Gasteiger partial charge in [-0.2, -0.15) is 0 Å². The minimum Gasteiger partial charge on any atom is -0.345 e. The number of hydrogen-bond acceptors (Lipinski definition) is 4. The number of halogens is 1. The molecular formula is C29H34FN5O3. The molecule has 1 aliphatic heterocycles. The van der Waals surface area contributed by atoms with Crippen LogP contribution in [0.5, 0.6) is 0 Å². The molecule has 1 aliphatic carbocycles. The van der Waals surface area contributed by atoms with E-state index in [9.17, 15) is 18.8 Å². The number of amides is 3. The molecule has 0 bridgehead atoms. The van der Waals surface area contributed by atoms with E-state index in [0.29, 0.717) is 24.3 Å². The van der Waals surface area contributed by atoms with E-state index in [1.807, 2.05) is 42.2 Å². The molecule has 0 radical (unpaired) electrons. The summed E-state index contributed by atoms with van der Waals surface area (Å²) >= 11 is 0. The van der Waals surface area contributed by atoms with Crippen molar-refractivity contribution in [3.05, 3.63) is 65.7 Å². The highest BCUT2D eigenvalue weighted by atomic mass is 19.1. The Bertz CT molecular complexity index is 1330. The van der Waals surface area contributed by atoms with Gasteiger partial charge in [0.2, 0.25) is 17.7 Å². The summed E-state index contributed by atoms with van der Waals surface area (Å²) in [6, 6.07) is 13.0. The molecule has 0 spiro atoms. The van der Waals surface area contributed by atoms with Gasteiger partial charge in [-0.25, -0.2) is 9.37 Å². The molecule has 1 saturated carbocycles. The number of piperidine rings is 1. The number of rotatable bonds is 8. The van der Waals surface area contributed by atoms with Crippen LogP contribution in [0.4, 0.5) is 4.39 Å². The third-order valence-electron chi connectivity index (χ3n) is 7.74. The van der Waals surface area contributed by atoms with Crippen LogP contribution >= 0.6 is 0 Å². The van der Waals surface area contributed by atoms with Crippen LogP contribution in [0.15, 0.2) is 48.5 Å². The van der Waals surface area contributed by atoms with Crippen molar-refractivity contribution in [1.82, 2.24) is 25.5 Å². The minimum absolute atomic E-state index is 0.103. The third-order valence-corrected chi connectivity index (χ3v) is 7.74. The molecule has 3 aromatic rings. The molecule has 2 fully saturated rings. The molecule has 1 saturated heterocycles. The average Bonchev–Trinajstić information content (AvgIpc) is 3.59. The number of nitrogens with zero attached hydrogens (tertiary/aromatic N) is 2. The van der Waals surface area contributed by atoms with Crippen LogP contribution in [0.25, 0.3) is 11.0 Å². The lowest BCUT2D eigenvalue weighted by Gasteiger charge is -2.34. The number of aromatic amines is 1. The highest BCUT2D eigenvalue weighted by Gasteiger charge is 2.45. The molecule has 1 aromatic heterocycles. The fraction of sp³-hybridized carbons (Fsp3) is 0.448. The normalized spacial score (nSPS) is 22.5. The SMILES string of the molecule is C[C@H](NC(=O)[C@H](CC(=O)N1CCCC[C@@H]1C)NC(=O)C1C[C@@H]1c1ccccc1)c1nc2c(F)cccc2[nH]1. The van der Waals surface area contributed by atoms with Gasteiger partial charge >= 0.3 is 0 Å². The number of benzene rings is 2. The fourth-order valence-corrected chi connectivity index (χ4v) is 5.41. The summed E-state index contributed by atoms with van der Waals surface area (Å²) in [5.74, 6) is -1.02. The van der Waals surface area contributed by atoms with Gasteiger partial charge in [0.25, 0.3) is 0 Å². The van der Waals surface area contributed by atoms with E-state index < -0.39 is 23.8 Å². The van der Waals surface area contributed by atoms with Crippen LogP contribution < -0.4 is 10.6 Å². The van der Waals surface area contributed by atoms with Crippen molar-refractivity contribution < 1.29 is 18.8 Å². The first-order chi connectivity index (χ1) is 18.3. The number of para-hydroxylation sites is 1. The van der Waals surface area contributed by atoms with E-state index in [1.165, 1.54) is 6.07 Å². The molecule has 8 nitrogen and oxygen atoms in total. The van der Waals surface area contributed by atoms with E-state index in [2.05, 4.69) is 20.6 Å². The lowest BCUT2D eigenvalue weighted by molar-refractivity contribution is -0.138. The summed E-state index contributed by atoms with van der Waals surface area (Å²) in [4.78, 5) is 49.0. The average molecular weight is 520 g/mol. The lowest BCUT2D eigenvalue weighted by Crippen LogP contribution is -2.52. The van der Waals surface area contributed by atoms with E-state index in [0.717, 1.165) is 24.8 Å². The van der Waals surface area contributed by atoms with Crippen molar-refractivity contribution in [2.24, 2.45) is 5.92 Å². The van der Waals surface area contributed by atoms with Gasteiger partial charge in [0.15, 0.2) is 5.82 Å². The standard InChI is InChI=1S/C29H34FN5O3/c1-17-9-6-7-14-35(17)25(36)16-24(33-28(37)21-15-20(21)19-10-4-3-5-11-19)29(38)31-18(2)27-32-23-13-8-12-22(30)26(23)34-27/h3-5,8,10-13,17-18,20-21,24H,6-7,9,14-16H2,1-2H3,(H,31,38)(H,32,34)(H,33,37)/t17-,18-,20+,21?,24-/m0/s1. The van der Waals surface area contributed by atoms with Gasteiger partial charge in [0.1, 0.15) is 17.4 Å². The predicted molar refractivity (Wildman–Crippen MR) is 141 cm³/mol. The molecule has 9 heteroatoms. The molecular weight excluding hydrogens is 485 g/mol. The molecule has 5 atom stereocenters.